The Hall–Kier alpha value is -2.11. The van der Waals surface area contributed by atoms with E-state index in [1.807, 2.05) is 47.4 Å². The number of amides is 2. The van der Waals surface area contributed by atoms with Crippen molar-refractivity contribution in [3.05, 3.63) is 48.0 Å². The fourth-order valence-electron chi connectivity index (χ4n) is 4.58. The van der Waals surface area contributed by atoms with Gasteiger partial charge < -0.3 is 15.5 Å². The van der Waals surface area contributed by atoms with Gasteiger partial charge in [0.05, 0.1) is 0 Å². The van der Waals surface area contributed by atoms with Gasteiger partial charge in [-0.2, -0.15) is 0 Å². The molecule has 30 heavy (non-hydrogen) atoms. The highest BCUT2D eigenvalue weighted by Crippen LogP contribution is 2.28. The molecule has 162 valence electrons. The molecule has 2 heterocycles. The van der Waals surface area contributed by atoms with Crippen LogP contribution in [0.15, 0.2) is 42.5 Å². The SMILES string of the molecule is CC1(CNC(=O)C2CCN(C(=O)c3cccc4ccccc34)CC2)CCNCC1.Cl. The molecule has 5 nitrogen and oxygen atoms in total. The molecule has 0 bridgehead atoms. The first-order valence-corrected chi connectivity index (χ1v) is 10.8. The summed E-state index contributed by atoms with van der Waals surface area (Å²) in [6, 6.07) is 13.9. The maximum atomic E-state index is 13.1. The van der Waals surface area contributed by atoms with E-state index in [-0.39, 0.29) is 35.6 Å². The molecule has 0 atom stereocenters. The van der Waals surface area contributed by atoms with Crippen molar-refractivity contribution in [3.63, 3.8) is 0 Å². The van der Waals surface area contributed by atoms with Crippen LogP contribution < -0.4 is 10.6 Å². The molecule has 6 heteroatoms. The summed E-state index contributed by atoms with van der Waals surface area (Å²) in [7, 11) is 0. The molecule has 2 fully saturated rings. The van der Waals surface area contributed by atoms with Gasteiger partial charge in [0.15, 0.2) is 0 Å². The van der Waals surface area contributed by atoms with E-state index in [9.17, 15) is 9.59 Å². The number of carbonyl (C=O) groups is 2. The smallest absolute Gasteiger partial charge is 0.254 e. The monoisotopic (exact) mass is 429 g/mol. The Bertz CT molecular complexity index is 882. The number of halogens is 1. The molecule has 2 N–H and O–H groups in total. The van der Waals surface area contributed by atoms with Crippen LogP contribution in [0.1, 0.15) is 43.0 Å². The van der Waals surface area contributed by atoms with E-state index >= 15 is 0 Å². The highest BCUT2D eigenvalue weighted by Gasteiger charge is 2.31. The van der Waals surface area contributed by atoms with E-state index < -0.39 is 0 Å². The quantitative estimate of drug-likeness (QED) is 0.780. The number of piperidine rings is 2. The summed E-state index contributed by atoms with van der Waals surface area (Å²) in [5, 5.41) is 8.65. The number of nitrogens with one attached hydrogen (secondary N) is 2. The van der Waals surface area contributed by atoms with Crippen LogP contribution in [0.3, 0.4) is 0 Å². The average Bonchev–Trinajstić information content (AvgIpc) is 2.77. The molecule has 0 aromatic heterocycles. The Morgan fingerprint density at radius 1 is 1.07 bits per heavy atom. The summed E-state index contributed by atoms with van der Waals surface area (Å²) in [4.78, 5) is 27.7. The number of fused-ring (bicyclic) bond motifs is 1. The van der Waals surface area contributed by atoms with Crippen molar-refractivity contribution in [1.29, 1.82) is 0 Å². The first-order valence-electron chi connectivity index (χ1n) is 10.8. The lowest BCUT2D eigenvalue weighted by atomic mass is 9.81. The zero-order valence-electron chi connectivity index (χ0n) is 17.7. The highest BCUT2D eigenvalue weighted by atomic mass is 35.5. The van der Waals surface area contributed by atoms with Crippen LogP contribution in [0.5, 0.6) is 0 Å². The largest absolute Gasteiger partial charge is 0.355 e. The summed E-state index contributed by atoms with van der Waals surface area (Å²) in [5.74, 6) is 0.238. The second kappa shape index (κ2) is 9.80. The summed E-state index contributed by atoms with van der Waals surface area (Å²) >= 11 is 0. The van der Waals surface area contributed by atoms with Gasteiger partial charge >= 0.3 is 0 Å². The standard InChI is InChI=1S/C24H31N3O2.ClH/c1-24(11-13-25-14-12-24)17-26-22(28)19-9-15-27(16-10-19)23(29)21-8-4-6-18-5-2-3-7-20(18)21;/h2-8,19,25H,9-17H2,1H3,(H,26,28);1H. The van der Waals surface area contributed by atoms with Crippen molar-refractivity contribution >= 4 is 35.0 Å². The Morgan fingerprint density at radius 2 is 1.73 bits per heavy atom. The van der Waals surface area contributed by atoms with Gasteiger partial charge in [-0.15, -0.1) is 12.4 Å². The molecule has 4 rings (SSSR count). The van der Waals surface area contributed by atoms with Crippen LogP contribution in [-0.2, 0) is 4.79 Å². The maximum Gasteiger partial charge on any atom is 0.254 e. The van der Waals surface area contributed by atoms with E-state index in [0.717, 1.165) is 61.7 Å². The first-order chi connectivity index (χ1) is 14.1. The van der Waals surface area contributed by atoms with Crippen LogP contribution in [0.25, 0.3) is 10.8 Å². The molecular weight excluding hydrogens is 398 g/mol. The van der Waals surface area contributed by atoms with Gasteiger partial charge in [0.1, 0.15) is 0 Å². The van der Waals surface area contributed by atoms with Crippen molar-refractivity contribution < 1.29 is 9.59 Å². The van der Waals surface area contributed by atoms with Gasteiger partial charge in [0, 0.05) is 31.1 Å². The Kier molecular flexibility index (Phi) is 7.37. The molecule has 2 aromatic carbocycles. The first kappa shape index (κ1) is 22.6. The van der Waals surface area contributed by atoms with E-state index in [1.54, 1.807) is 0 Å². The van der Waals surface area contributed by atoms with Crippen molar-refractivity contribution in [3.8, 4) is 0 Å². The molecule has 0 saturated carbocycles. The topological polar surface area (TPSA) is 61.4 Å². The molecule has 0 aliphatic carbocycles. The Balaban J connectivity index is 0.00000256. The minimum Gasteiger partial charge on any atom is -0.355 e. The number of nitrogens with zero attached hydrogens (tertiary/aromatic N) is 1. The van der Waals surface area contributed by atoms with E-state index in [0.29, 0.717) is 13.1 Å². The van der Waals surface area contributed by atoms with Gasteiger partial charge in [-0.25, -0.2) is 0 Å². The molecule has 2 aliphatic heterocycles. The van der Waals surface area contributed by atoms with E-state index in [2.05, 4.69) is 17.6 Å². The molecule has 2 amide bonds. The minimum atomic E-state index is 0. The van der Waals surface area contributed by atoms with Gasteiger partial charge in [0.2, 0.25) is 5.91 Å². The van der Waals surface area contributed by atoms with E-state index in [4.69, 9.17) is 0 Å². The van der Waals surface area contributed by atoms with Crippen molar-refractivity contribution in [1.82, 2.24) is 15.5 Å². The summed E-state index contributed by atoms with van der Waals surface area (Å²) in [5.41, 5.74) is 0.955. The number of rotatable bonds is 4. The molecule has 2 saturated heterocycles. The second-order valence-electron chi connectivity index (χ2n) is 8.87. The molecule has 0 unspecified atom stereocenters. The maximum absolute atomic E-state index is 13.1. The van der Waals surface area contributed by atoms with Gasteiger partial charge in [0.25, 0.3) is 5.91 Å². The number of hydrogen-bond acceptors (Lipinski definition) is 3. The molecule has 0 radical (unpaired) electrons. The average molecular weight is 430 g/mol. The second-order valence-corrected chi connectivity index (χ2v) is 8.87. The number of carbonyl (C=O) groups excluding carboxylic acids is 2. The zero-order valence-corrected chi connectivity index (χ0v) is 18.5. The Labute approximate surface area is 185 Å². The number of likely N-dealkylation sites (tertiary alicyclic amines) is 1. The van der Waals surface area contributed by atoms with Crippen LogP contribution in [-0.4, -0.2) is 49.4 Å². The molecular formula is C24H32ClN3O2. The molecule has 0 spiro atoms. The fourth-order valence-corrected chi connectivity index (χ4v) is 4.58. The third kappa shape index (κ3) is 4.96. The van der Waals surface area contributed by atoms with E-state index in [1.165, 1.54) is 0 Å². The van der Waals surface area contributed by atoms with Gasteiger partial charge in [-0.1, -0.05) is 43.3 Å². The van der Waals surface area contributed by atoms with Crippen LogP contribution in [0.2, 0.25) is 0 Å². The van der Waals surface area contributed by atoms with Crippen molar-refractivity contribution in [2.24, 2.45) is 11.3 Å². The third-order valence-electron chi connectivity index (χ3n) is 6.67. The lowest BCUT2D eigenvalue weighted by Crippen LogP contribution is -2.47. The van der Waals surface area contributed by atoms with Gasteiger partial charge in [-0.05, 0) is 61.0 Å². The zero-order chi connectivity index (χ0) is 20.3. The predicted octanol–water partition coefficient (Wildman–Crippen LogP) is 3.62. The minimum absolute atomic E-state index is 0. The number of hydrogen-bond donors (Lipinski definition) is 2. The molecule has 2 aliphatic rings. The molecule has 2 aromatic rings. The Morgan fingerprint density at radius 3 is 2.47 bits per heavy atom. The summed E-state index contributed by atoms with van der Waals surface area (Å²) in [6.45, 7) is 6.35. The fraction of sp³-hybridized carbons (Fsp3) is 0.500. The third-order valence-corrected chi connectivity index (χ3v) is 6.67. The summed E-state index contributed by atoms with van der Waals surface area (Å²) in [6.07, 6.45) is 3.68. The lowest BCUT2D eigenvalue weighted by Gasteiger charge is -2.35. The number of benzene rings is 2. The summed E-state index contributed by atoms with van der Waals surface area (Å²) < 4.78 is 0. The van der Waals surface area contributed by atoms with Crippen molar-refractivity contribution in [2.75, 3.05) is 32.7 Å². The van der Waals surface area contributed by atoms with Crippen LogP contribution >= 0.6 is 12.4 Å². The van der Waals surface area contributed by atoms with Crippen molar-refractivity contribution in [2.45, 2.75) is 32.6 Å². The normalized spacial score (nSPS) is 19.2. The van der Waals surface area contributed by atoms with Gasteiger partial charge in [-0.3, -0.25) is 9.59 Å². The van der Waals surface area contributed by atoms with Crippen LogP contribution in [0, 0.1) is 11.3 Å². The van der Waals surface area contributed by atoms with Crippen LogP contribution in [0.4, 0.5) is 0 Å². The lowest BCUT2D eigenvalue weighted by molar-refractivity contribution is -0.126. The predicted molar refractivity (Wildman–Crippen MR) is 123 cm³/mol. The highest BCUT2D eigenvalue weighted by molar-refractivity contribution is 6.07.